The summed E-state index contributed by atoms with van der Waals surface area (Å²) >= 11 is 0. The molecule has 0 saturated carbocycles. The van der Waals surface area contributed by atoms with Crippen LogP contribution >= 0.6 is 0 Å². The molecule has 0 radical (unpaired) electrons. The molecule has 4 nitrogen and oxygen atoms in total. The van der Waals surface area contributed by atoms with Crippen LogP contribution in [0.2, 0.25) is 0 Å². The molecular formula is C14H26N2O2. The summed E-state index contributed by atoms with van der Waals surface area (Å²) in [5, 5.41) is 3.38. The molecule has 0 aromatic carbocycles. The van der Waals surface area contributed by atoms with Gasteiger partial charge in [0.1, 0.15) is 18.1 Å². The van der Waals surface area contributed by atoms with Crippen molar-refractivity contribution >= 4 is 0 Å². The van der Waals surface area contributed by atoms with Crippen molar-refractivity contribution < 1.29 is 9.15 Å². The first-order valence-electron chi connectivity index (χ1n) is 6.64. The van der Waals surface area contributed by atoms with Crippen molar-refractivity contribution in [2.75, 3.05) is 33.8 Å². The topological polar surface area (TPSA) is 37.6 Å². The smallest absolute Gasteiger partial charge is 0.130 e. The van der Waals surface area contributed by atoms with E-state index < -0.39 is 0 Å². The van der Waals surface area contributed by atoms with Crippen LogP contribution in [0.5, 0.6) is 0 Å². The fraction of sp³-hybridized carbons (Fsp3) is 0.714. The highest BCUT2D eigenvalue weighted by atomic mass is 16.5. The summed E-state index contributed by atoms with van der Waals surface area (Å²) in [7, 11) is 4.08. The zero-order chi connectivity index (χ0) is 13.4. The molecule has 4 heteroatoms. The number of ether oxygens (including phenoxy) is 1. The maximum atomic E-state index is 5.67. The van der Waals surface area contributed by atoms with Gasteiger partial charge in [-0.3, -0.25) is 0 Å². The Kier molecular flexibility index (Phi) is 7.01. The highest BCUT2D eigenvalue weighted by Gasteiger charge is 2.07. The molecule has 0 bridgehead atoms. The van der Waals surface area contributed by atoms with Gasteiger partial charge in [-0.15, -0.1) is 0 Å². The summed E-state index contributed by atoms with van der Waals surface area (Å²) in [5.74, 6) is 1.91. The van der Waals surface area contributed by atoms with Crippen LogP contribution in [0.25, 0.3) is 0 Å². The van der Waals surface area contributed by atoms with Crippen molar-refractivity contribution in [3.8, 4) is 0 Å². The van der Waals surface area contributed by atoms with E-state index in [-0.39, 0.29) is 0 Å². The molecule has 0 atom stereocenters. The minimum absolute atomic E-state index is 0.558. The molecule has 104 valence electrons. The van der Waals surface area contributed by atoms with E-state index in [2.05, 4.69) is 23.2 Å². The third kappa shape index (κ3) is 5.67. The van der Waals surface area contributed by atoms with Gasteiger partial charge in [-0.2, -0.15) is 0 Å². The quantitative estimate of drug-likeness (QED) is 0.685. The van der Waals surface area contributed by atoms with Gasteiger partial charge in [0.05, 0.1) is 6.61 Å². The molecule has 0 saturated heterocycles. The predicted molar refractivity (Wildman–Crippen MR) is 73.7 cm³/mol. The summed E-state index contributed by atoms with van der Waals surface area (Å²) in [6.45, 7) is 8.31. The Bertz CT molecular complexity index is 335. The highest BCUT2D eigenvalue weighted by molar-refractivity contribution is 5.20. The maximum Gasteiger partial charge on any atom is 0.130 e. The zero-order valence-electron chi connectivity index (χ0n) is 12.1. The Morgan fingerprint density at radius 1 is 1.39 bits per heavy atom. The van der Waals surface area contributed by atoms with E-state index in [4.69, 9.17) is 9.15 Å². The lowest BCUT2D eigenvalue weighted by Crippen LogP contribution is -2.17. The van der Waals surface area contributed by atoms with Crippen LogP contribution in [0.15, 0.2) is 10.5 Å². The Morgan fingerprint density at radius 2 is 2.17 bits per heavy atom. The van der Waals surface area contributed by atoms with Crippen LogP contribution in [-0.4, -0.2) is 38.7 Å². The van der Waals surface area contributed by atoms with Gasteiger partial charge in [-0.25, -0.2) is 0 Å². The lowest BCUT2D eigenvalue weighted by atomic mass is 10.2. The van der Waals surface area contributed by atoms with Gasteiger partial charge < -0.3 is 19.4 Å². The van der Waals surface area contributed by atoms with Crippen molar-refractivity contribution in [1.29, 1.82) is 0 Å². The Hall–Kier alpha value is -0.840. The number of hydrogen-bond donors (Lipinski definition) is 1. The number of nitrogens with one attached hydrogen (secondary N) is 1. The molecule has 1 heterocycles. The third-order valence-corrected chi connectivity index (χ3v) is 2.74. The second kappa shape index (κ2) is 8.29. The number of aryl methyl sites for hydroxylation is 1. The average Bonchev–Trinajstić information content (AvgIpc) is 2.66. The minimum atomic E-state index is 0.558. The van der Waals surface area contributed by atoms with Gasteiger partial charge in [0, 0.05) is 18.7 Å². The summed E-state index contributed by atoms with van der Waals surface area (Å²) < 4.78 is 11.2. The molecule has 1 aromatic heterocycles. The average molecular weight is 254 g/mol. The van der Waals surface area contributed by atoms with Gasteiger partial charge in [0.2, 0.25) is 0 Å². The molecule has 18 heavy (non-hydrogen) atoms. The van der Waals surface area contributed by atoms with Crippen LogP contribution < -0.4 is 5.32 Å². The Morgan fingerprint density at radius 3 is 2.83 bits per heavy atom. The first-order valence-corrected chi connectivity index (χ1v) is 6.64. The molecule has 0 unspecified atom stereocenters. The van der Waals surface area contributed by atoms with Crippen LogP contribution in [-0.2, 0) is 17.9 Å². The maximum absolute atomic E-state index is 5.67. The van der Waals surface area contributed by atoms with Crippen molar-refractivity contribution in [3.63, 3.8) is 0 Å². The van der Waals surface area contributed by atoms with Crippen molar-refractivity contribution in [3.05, 3.63) is 23.2 Å². The van der Waals surface area contributed by atoms with E-state index >= 15 is 0 Å². The van der Waals surface area contributed by atoms with Crippen molar-refractivity contribution in [2.24, 2.45) is 0 Å². The summed E-state index contributed by atoms with van der Waals surface area (Å²) in [4.78, 5) is 2.10. The number of furan rings is 1. The van der Waals surface area contributed by atoms with E-state index in [1.807, 2.05) is 21.0 Å². The molecule has 0 fully saturated rings. The zero-order valence-corrected chi connectivity index (χ0v) is 12.1. The van der Waals surface area contributed by atoms with Crippen LogP contribution in [0.4, 0.5) is 0 Å². The second-order valence-electron chi connectivity index (χ2n) is 4.83. The molecule has 1 rings (SSSR count). The first-order chi connectivity index (χ1) is 8.63. The summed E-state index contributed by atoms with van der Waals surface area (Å²) in [6, 6.07) is 2.09. The van der Waals surface area contributed by atoms with Gasteiger partial charge in [-0.05, 0) is 40.1 Å². The standard InChI is InChI=1S/C14H26N2O2/c1-5-6-15-10-13-9-14(18-12(13)2)11-17-8-7-16(3)4/h9,15H,5-8,10-11H2,1-4H3. The molecular weight excluding hydrogens is 228 g/mol. The van der Waals surface area contributed by atoms with E-state index in [1.165, 1.54) is 5.56 Å². The SMILES string of the molecule is CCCNCc1cc(COCCN(C)C)oc1C. The molecule has 1 aromatic rings. The predicted octanol–water partition coefficient (Wildman–Crippen LogP) is 2.17. The van der Waals surface area contributed by atoms with E-state index in [0.717, 1.165) is 44.2 Å². The van der Waals surface area contributed by atoms with E-state index in [0.29, 0.717) is 6.61 Å². The number of hydrogen-bond acceptors (Lipinski definition) is 4. The number of nitrogens with zero attached hydrogens (tertiary/aromatic N) is 1. The van der Waals surface area contributed by atoms with Crippen LogP contribution in [0.3, 0.4) is 0 Å². The van der Waals surface area contributed by atoms with Gasteiger partial charge in [0.15, 0.2) is 0 Å². The number of rotatable bonds is 9. The molecule has 0 amide bonds. The fourth-order valence-corrected chi connectivity index (χ4v) is 1.65. The normalized spacial score (nSPS) is 11.4. The van der Waals surface area contributed by atoms with Crippen LogP contribution in [0, 0.1) is 6.92 Å². The lowest BCUT2D eigenvalue weighted by Gasteiger charge is -2.08. The molecule has 0 aliphatic rings. The Balaban J connectivity index is 2.31. The largest absolute Gasteiger partial charge is 0.464 e. The van der Waals surface area contributed by atoms with Crippen molar-refractivity contribution in [2.45, 2.75) is 33.4 Å². The monoisotopic (exact) mass is 254 g/mol. The summed E-state index contributed by atoms with van der Waals surface area (Å²) in [5.41, 5.74) is 1.23. The summed E-state index contributed by atoms with van der Waals surface area (Å²) in [6.07, 6.45) is 1.15. The number of likely N-dealkylation sites (N-methyl/N-ethyl adjacent to an activating group) is 1. The van der Waals surface area contributed by atoms with Crippen molar-refractivity contribution in [1.82, 2.24) is 10.2 Å². The lowest BCUT2D eigenvalue weighted by molar-refractivity contribution is 0.0921. The van der Waals surface area contributed by atoms with E-state index in [1.54, 1.807) is 0 Å². The first kappa shape index (κ1) is 15.2. The highest BCUT2D eigenvalue weighted by Crippen LogP contribution is 2.15. The Labute approximate surface area is 110 Å². The van der Waals surface area contributed by atoms with Gasteiger partial charge in [-0.1, -0.05) is 6.92 Å². The third-order valence-electron chi connectivity index (χ3n) is 2.74. The van der Waals surface area contributed by atoms with E-state index in [9.17, 15) is 0 Å². The minimum Gasteiger partial charge on any atom is -0.464 e. The van der Waals surface area contributed by atoms with Gasteiger partial charge >= 0.3 is 0 Å². The second-order valence-corrected chi connectivity index (χ2v) is 4.83. The molecule has 0 aliphatic carbocycles. The molecule has 0 aliphatic heterocycles. The van der Waals surface area contributed by atoms with Gasteiger partial charge in [0.25, 0.3) is 0 Å². The van der Waals surface area contributed by atoms with Crippen LogP contribution in [0.1, 0.15) is 30.4 Å². The molecule has 0 spiro atoms. The molecule has 1 N–H and O–H groups in total. The fourth-order valence-electron chi connectivity index (χ4n) is 1.65.